The number of hydrogen-bond acceptors (Lipinski definition) is 2. The molecule has 2 nitrogen and oxygen atoms in total. The van der Waals surface area contributed by atoms with Gasteiger partial charge >= 0.3 is 0 Å². The Balaban J connectivity index is 1.78. The van der Waals surface area contributed by atoms with Gasteiger partial charge in [-0.05, 0) is 37.0 Å². The summed E-state index contributed by atoms with van der Waals surface area (Å²) in [7, 11) is 0. The highest BCUT2D eigenvalue weighted by Gasteiger charge is 2.22. The van der Waals surface area contributed by atoms with Crippen molar-refractivity contribution in [3.05, 3.63) is 35.9 Å². The summed E-state index contributed by atoms with van der Waals surface area (Å²) in [6, 6.07) is 10.7. The third kappa shape index (κ3) is 3.77. The molecule has 2 rings (SSSR count). The molecule has 0 atom stereocenters. The molecule has 1 amide bonds. The summed E-state index contributed by atoms with van der Waals surface area (Å²) < 4.78 is 0. The highest BCUT2D eigenvalue weighted by Crippen LogP contribution is 2.21. The van der Waals surface area contributed by atoms with Gasteiger partial charge in [0.25, 0.3) is 0 Å². The fourth-order valence-corrected chi connectivity index (χ4v) is 2.98. The zero-order valence-corrected chi connectivity index (χ0v) is 11.8. The molecule has 1 aliphatic rings. The van der Waals surface area contributed by atoms with Gasteiger partial charge in [0.1, 0.15) is 0 Å². The van der Waals surface area contributed by atoms with E-state index >= 15 is 0 Å². The lowest BCUT2D eigenvalue weighted by Gasteiger charge is -2.32. The molecule has 0 radical (unpaired) electrons. The molecule has 0 saturated carbocycles. The molecule has 98 valence electrons. The second kappa shape index (κ2) is 6.83. The van der Waals surface area contributed by atoms with E-state index in [2.05, 4.69) is 30.3 Å². The van der Waals surface area contributed by atoms with Crippen LogP contribution in [0.25, 0.3) is 0 Å². The highest BCUT2D eigenvalue weighted by atomic mass is 32.2. The SMILES string of the molecule is CSCC(=O)N1CCC(Cc2ccccc2)CC1. The normalized spacial score (nSPS) is 16.8. The van der Waals surface area contributed by atoms with Crippen LogP contribution in [-0.2, 0) is 11.2 Å². The van der Waals surface area contributed by atoms with Gasteiger partial charge < -0.3 is 4.90 Å². The zero-order chi connectivity index (χ0) is 12.8. The number of likely N-dealkylation sites (tertiary alicyclic amines) is 1. The molecule has 0 aromatic heterocycles. The average molecular weight is 263 g/mol. The lowest BCUT2D eigenvalue weighted by molar-refractivity contribution is -0.129. The Morgan fingerprint density at radius 2 is 1.94 bits per heavy atom. The Morgan fingerprint density at radius 1 is 1.28 bits per heavy atom. The molecule has 3 heteroatoms. The first-order valence-electron chi connectivity index (χ1n) is 6.60. The number of amides is 1. The fourth-order valence-electron chi connectivity index (χ4n) is 2.55. The third-order valence-corrected chi connectivity index (χ3v) is 4.14. The number of piperidine rings is 1. The van der Waals surface area contributed by atoms with Crippen molar-refractivity contribution in [1.82, 2.24) is 4.90 Å². The predicted octanol–water partition coefficient (Wildman–Crippen LogP) is 2.83. The molecule has 1 heterocycles. The maximum atomic E-state index is 11.8. The number of thioether (sulfide) groups is 1. The number of hydrogen-bond donors (Lipinski definition) is 0. The first-order chi connectivity index (χ1) is 8.79. The van der Waals surface area contributed by atoms with Crippen LogP contribution in [0.4, 0.5) is 0 Å². The second-order valence-electron chi connectivity index (χ2n) is 4.95. The van der Waals surface area contributed by atoms with Gasteiger partial charge in [-0.15, -0.1) is 0 Å². The van der Waals surface area contributed by atoms with Gasteiger partial charge in [-0.2, -0.15) is 11.8 Å². The van der Waals surface area contributed by atoms with Crippen LogP contribution >= 0.6 is 11.8 Å². The molecule has 1 aliphatic heterocycles. The predicted molar refractivity (Wildman–Crippen MR) is 77.8 cm³/mol. The minimum atomic E-state index is 0.306. The van der Waals surface area contributed by atoms with E-state index in [0.29, 0.717) is 11.7 Å². The maximum absolute atomic E-state index is 11.8. The van der Waals surface area contributed by atoms with Gasteiger partial charge in [0, 0.05) is 13.1 Å². The zero-order valence-electron chi connectivity index (χ0n) is 11.0. The van der Waals surface area contributed by atoms with Crippen molar-refractivity contribution >= 4 is 17.7 Å². The fraction of sp³-hybridized carbons (Fsp3) is 0.533. The number of nitrogens with zero attached hydrogens (tertiary/aromatic N) is 1. The molecular weight excluding hydrogens is 242 g/mol. The minimum absolute atomic E-state index is 0.306. The number of rotatable bonds is 4. The van der Waals surface area contributed by atoms with Gasteiger partial charge in [0.2, 0.25) is 5.91 Å². The Hall–Kier alpha value is -0.960. The molecule has 18 heavy (non-hydrogen) atoms. The minimum Gasteiger partial charge on any atom is -0.342 e. The quantitative estimate of drug-likeness (QED) is 0.832. The Morgan fingerprint density at radius 3 is 2.56 bits per heavy atom. The summed E-state index contributed by atoms with van der Waals surface area (Å²) in [5, 5.41) is 0. The van der Waals surface area contributed by atoms with Crippen molar-refractivity contribution in [2.75, 3.05) is 25.1 Å². The number of carbonyl (C=O) groups is 1. The van der Waals surface area contributed by atoms with E-state index in [9.17, 15) is 4.79 Å². The van der Waals surface area contributed by atoms with E-state index in [1.165, 1.54) is 5.56 Å². The van der Waals surface area contributed by atoms with Gasteiger partial charge in [0.15, 0.2) is 0 Å². The van der Waals surface area contributed by atoms with Gasteiger partial charge in [-0.3, -0.25) is 4.79 Å². The molecule has 0 aliphatic carbocycles. The lowest BCUT2D eigenvalue weighted by atomic mass is 9.90. The molecular formula is C15H21NOS. The third-order valence-electron chi connectivity index (χ3n) is 3.60. The van der Waals surface area contributed by atoms with Crippen molar-refractivity contribution in [1.29, 1.82) is 0 Å². The van der Waals surface area contributed by atoms with Gasteiger partial charge in [-0.1, -0.05) is 30.3 Å². The van der Waals surface area contributed by atoms with Crippen LogP contribution in [0.2, 0.25) is 0 Å². The molecule has 0 N–H and O–H groups in total. The molecule has 0 bridgehead atoms. The van der Waals surface area contributed by atoms with Crippen LogP contribution in [0.5, 0.6) is 0 Å². The first kappa shape index (κ1) is 13.5. The number of carbonyl (C=O) groups excluding carboxylic acids is 1. The lowest BCUT2D eigenvalue weighted by Crippen LogP contribution is -2.39. The van der Waals surface area contributed by atoms with Crippen LogP contribution in [0.1, 0.15) is 18.4 Å². The summed E-state index contributed by atoms with van der Waals surface area (Å²) in [6.07, 6.45) is 5.44. The summed E-state index contributed by atoms with van der Waals surface area (Å²) in [4.78, 5) is 13.8. The average Bonchev–Trinajstić information content (AvgIpc) is 2.41. The van der Waals surface area contributed by atoms with Crippen LogP contribution in [0.15, 0.2) is 30.3 Å². The van der Waals surface area contributed by atoms with Gasteiger partial charge in [0.05, 0.1) is 5.75 Å². The Labute approximate surface area is 114 Å². The van der Waals surface area contributed by atoms with Crippen LogP contribution in [0, 0.1) is 5.92 Å². The second-order valence-corrected chi connectivity index (χ2v) is 5.81. The molecule has 1 aromatic carbocycles. The Bertz CT molecular complexity index is 371. The molecule has 0 spiro atoms. The monoisotopic (exact) mass is 263 g/mol. The van der Waals surface area contributed by atoms with Crippen LogP contribution in [-0.4, -0.2) is 35.9 Å². The van der Waals surface area contributed by atoms with Crippen molar-refractivity contribution in [3.8, 4) is 0 Å². The van der Waals surface area contributed by atoms with E-state index in [0.717, 1.165) is 38.3 Å². The summed E-state index contributed by atoms with van der Waals surface area (Å²) in [5.41, 5.74) is 1.42. The van der Waals surface area contributed by atoms with Crippen molar-refractivity contribution in [2.45, 2.75) is 19.3 Å². The molecule has 1 aromatic rings. The summed E-state index contributed by atoms with van der Waals surface area (Å²) >= 11 is 1.62. The summed E-state index contributed by atoms with van der Waals surface area (Å²) in [5.74, 6) is 1.68. The highest BCUT2D eigenvalue weighted by molar-refractivity contribution is 7.99. The molecule has 0 unspecified atom stereocenters. The van der Waals surface area contributed by atoms with E-state index in [1.54, 1.807) is 11.8 Å². The smallest absolute Gasteiger partial charge is 0.232 e. The number of benzene rings is 1. The van der Waals surface area contributed by atoms with Crippen LogP contribution < -0.4 is 0 Å². The van der Waals surface area contributed by atoms with E-state index < -0.39 is 0 Å². The first-order valence-corrected chi connectivity index (χ1v) is 7.99. The largest absolute Gasteiger partial charge is 0.342 e. The van der Waals surface area contributed by atoms with Crippen molar-refractivity contribution < 1.29 is 4.79 Å². The van der Waals surface area contributed by atoms with Gasteiger partial charge in [-0.25, -0.2) is 0 Å². The molecule has 1 fully saturated rings. The standard InChI is InChI=1S/C15H21NOS/c1-18-12-15(17)16-9-7-14(8-10-16)11-13-5-3-2-4-6-13/h2-6,14H,7-12H2,1H3. The van der Waals surface area contributed by atoms with E-state index in [-0.39, 0.29) is 0 Å². The van der Waals surface area contributed by atoms with Crippen molar-refractivity contribution in [3.63, 3.8) is 0 Å². The molecule has 1 saturated heterocycles. The van der Waals surface area contributed by atoms with E-state index in [4.69, 9.17) is 0 Å². The van der Waals surface area contributed by atoms with E-state index in [1.807, 2.05) is 11.2 Å². The van der Waals surface area contributed by atoms with Crippen molar-refractivity contribution in [2.24, 2.45) is 5.92 Å². The summed E-state index contributed by atoms with van der Waals surface area (Å²) in [6.45, 7) is 1.88. The Kier molecular flexibility index (Phi) is 5.12. The van der Waals surface area contributed by atoms with Crippen LogP contribution in [0.3, 0.4) is 0 Å². The topological polar surface area (TPSA) is 20.3 Å². The maximum Gasteiger partial charge on any atom is 0.232 e.